The van der Waals surface area contributed by atoms with Crippen molar-refractivity contribution in [2.75, 3.05) is 27.4 Å². The first kappa shape index (κ1) is 22.3. The number of carbonyl (C=O) groups is 1. The zero-order chi connectivity index (χ0) is 25.0. The molecular formula is C25H25N3O8. The molecule has 2 bridgehead atoms. The van der Waals surface area contributed by atoms with Crippen molar-refractivity contribution in [1.29, 1.82) is 0 Å². The first-order valence-corrected chi connectivity index (χ1v) is 12.0. The summed E-state index contributed by atoms with van der Waals surface area (Å²) in [6, 6.07) is 1.98. The molecule has 2 aromatic rings. The van der Waals surface area contributed by atoms with Crippen LogP contribution in [0, 0.1) is 6.92 Å². The van der Waals surface area contributed by atoms with Gasteiger partial charge >= 0.3 is 0 Å². The highest BCUT2D eigenvalue weighted by Gasteiger charge is 2.91. The second kappa shape index (κ2) is 7.10. The van der Waals surface area contributed by atoms with Crippen molar-refractivity contribution < 1.29 is 38.3 Å². The van der Waals surface area contributed by atoms with Crippen molar-refractivity contribution >= 4 is 16.6 Å². The van der Waals surface area contributed by atoms with Crippen LogP contribution < -0.4 is 4.74 Å². The first-order valence-electron chi connectivity index (χ1n) is 12.0. The van der Waals surface area contributed by atoms with Crippen molar-refractivity contribution in [1.82, 2.24) is 0 Å². The summed E-state index contributed by atoms with van der Waals surface area (Å²) in [7, 11) is 3.12. The topological polar surface area (TPSA) is 145 Å². The summed E-state index contributed by atoms with van der Waals surface area (Å²) in [5.41, 5.74) is 11.4. The van der Waals surface area contributed by atoms with Gasteiger partial charge in [-0.2, -0.15) is 0 Å². The zero-order valence-corrected chi connectivity index (χ0v) is 20.1. The van der Waals surface area contributed by atoms with E-state index < -0.39 is 29.4 Å². The SMILES string of the molecule is COCc1c2c(c(O)c3c4c(c(C)cc13)C1OC3(CN=[N+]=[N-])OC1[C@@](OC)(O4)[C@@]31CO1)C(=O)CCC2. The van der Waals surface area contributed by atoms with E-state index in [1.807, 2.05) is 13.0 Å². The predicted octanol–water partition coefficient (Wildman–Crippen LogP) is 3.50. The summed E-state index contributed by atoms with van der Waals surface area (Å²) in [5, 5.41) is 16.5. The summed E-state index contributed by atoms with van der Waals surface area (Å²) in [4.78, 5) is 15.9. The molecule has 2 aromatic carbocycles. The first-order chi connectivity index (χ1) is 17.4. The number of carbonyl (C=O) groups excluding carboxylic acids is 1. The summed E-state index contributed by atoms with van der Waals surface area (Å²) < 4.78 is 37.0. The molecular weight excluding hydrogens is 470 g/mol. The number of azide groups is 1. The number of epoxide rings is 1. The molecule has 188 valence electrons. The molecule has 0 amide bonds. The van der Waals surface area contributed by atoms with E-state index in [9.17, 15) is 9.90 Å². The van der Waals surface area contributed by atoms with Gasteiger partial charge in [-0.05, 0) is 47.4 Å². The van der Waals surface area contributed by atoms with E-state index in [-0.39, 0.29) is 31.3 Å². The van der Waals surface area contributed by atoms with Gasteiger partial charge in [0.1, 0.15) is 17.6 Å². The molecule has 0 aromatic heterocycles. The minimum Gasteiger partial charge on any atom is -0.506 e. The number of benzene rings is 2. The van der Waals surface area contributed by atoms with Gasteiger partial charge < -0.3 is 33.5 Å². The second-order valence-electron chi connectivity index (χ2n) is 10.1. The fourth-order valence-electron chi connectivity index (χ4n) is 6.92. The smallest absolute Gasteiger partial charge is 0.276 e. The number of ether oxygens (including phenoxy) is 6. The molecule has 5 atom stereocenters. The number of hydrogen-bond acceptors (Lipinski definition) is 9. The molecule has 11 nitrogen and oxygen atoms in total. The Morgan fingerprint density at radius 2 is 2.11 bits per heavy atom. The van der Waals surface area contributed by atoms with Crippen LogP contribution in [0.5, 0.6) is 11.5 Å². The van der Waals surface area contributed by atoms with Gasteiger partial charge in [0.25, 0.3) is 5.79 Å². The molecule has 4 heterocycles. The summed E-state index contributed by atoms with van der Waals surface area (Å²) in [5.74, 6) is -2.59. The molecule has 1 spiro atoms. The summed E-state index contributed by atoms with van der Waals surface area (Å²) >= 11 is 0. The number of fused-ring (bicyclic) bond motifs is 8. The molecule has 3 fully saturated rings. The van der Waals surface area contributed by atoms with E-state index in [1.54, 1.807) is 7.11 Å². The maximum atomic E-state index is 13.0. The van der Waals surface area contributed by atoms with Gasteiger partial charge in [0.15, 0.2) is 11.9 Å². The van der Waals surface area contributed by atoms with Crippen LogP contribution in [0.25, 0.3) is 21.2 Å². The highest BCUT2D eigenvalue weighted by Crippen LogP contribution is 2.70. The minimum absolute atomic E-state index is 0.100. The van der Waals surface area contributed by atoms with Crippen molar-refractivity contribution in [3.05, 3.63) is 44.3 Å². The molecule has 3 unspecified atom stereocenters. The number of methoxy groups -OCH3 is 2. The average Bonchev–Trinajstić information content (AvgIpc) is 3.54. The third-order valence-electron chi connectivity index (χ3n) is 8.47. The normalized spacial score (nSPS) is 34.9. The van der Waals surface area contributed by atoms with Crippen LogP contribution in [0.2, 0.25) is 0 Å². The lowest BCUT2D eigenvalue weighted by molar-refractivity contribution is -0.286. The largest absolute Gasteiger partial charge is 0.506 e. The molecule has 1 aliphatic carbocycles. The molecule has 0 saturated carbocycles. The highest BCUT2D eigenvalue weighted by atomic mass is 16.9. The molecule has 5 aliphatic rings. The third kappa shape index (κ3) is 2.32. The monoisotopic (exact) mass is 495 g/mol. The Hall–Kier alpha value is -2.92. The van der Waals surface area contributed by atoms with Gasteiger partial charge in [-0.25, -0.2) is 0 Å². The highest BCUT2D eigenvalue weighted by molar-refractivity contribution is 6.10. The van der Waals surface area contributed by atoms with Crippen LogP contribution >= 0.6 is 0 Å². The minimum atomic E-state index is -1.40. The van der Waals surface area contributed by atoms with Crippen LogP contribution in [-0.2, 0) is 36.7 Å². The molecule has 7 rings (SSSR count). The van der Waals surface area contributed by atoms with Crippen LogP contribution in [0.4, 0.5) is 0 Å². The van der Waals surface area contributed by atoms with Gasteiger partial charge in [0.05, 0.1) is 30.7 Å². The Balaban J connectivity index is 1.54. The number of Topliss-reactive ketones (excluding diaryl/α,β-unsaturated/α-hetero) is 1. The van der Waals surface area contributed by atoms with E-state index in [0.29, 0.717) is 35.1 Å². The van der Waals surface area contributed by atoms with Crippen molar-refractivity contribution in [3.8, 4) is 11.5 Å². The molecule has 3 saturated heterocycles. The second-order valence-corrected chi connectivity index (χ2v) is 10.1. The Labute approximate surface area is 205 Å². The van der Waals surface area contributed by atoms with Gasteiger partial charge in [-0.15, -0.1) is 0 Å². The lowest BCUT2D eigenvalue weighted by atomic mass is 9.77. The Morgan fingerprint density at radius 1 is 1.31 bits per heavy atom. The number of phenols is 1. The fraction of sp³-hybridized carbons (Fsp3) is 0.560. The molecule has 1 N–H and O–H groups in total. The van der Waals surface area contributed by atoms with Gasteiger partial charge in [0, 0.05) is 31.1 Å². The van der Waals surface area contributed by atoms with Crippen LogP contribution in [0.15, 0.2) is 11.2 Å². The molecule has 11 heteroatoms. The standard InChI is InChI=1S/C25H25N3O8/c1-11-7-13-14(8-31-2)12-5-4-6-15(29)17(12)19(30)18(13)20-16(11)21-22-25(32-3,35-20)23(10-33-23)24(34-21,36-22)9-27-28-26/h7,21-22,30H,4-6,8-10H2,1-3H3/t21?,22?,23-,24?,25-/m1/s1. The number of phenolic OH excluding ortho intramolecular Hbond substituents is 1. The third-order valence-corrected chi connectivity index (χ3v) is 8.47. The van der Waals surface area contributed by atoms with Crippen molar-refractivity contribution in [3.63, 3.8) is 0 Å². The summed E-state index contributed by atoms with van der Waals surface area (Å²) in [6.45, 7) is 2.34. The average molecular weight is 495 g/mol. The van der Waals surface area contributed by atoms with E-state index in [2.05, 4.69) is 10.0 Å². The van der Waals surface area contributed by atoms with Crippen LogP contribution in [0.1, 0.15) is 51.6 Å². The number of nitrogens with zero attached hydrogens (tertiary/aromatic N) is 3. The predicted molar refractivity (Wildman–Crippen MR) is 123 cm³/mol. The number of hydrogen-bond donors (Lipinski definition) is 1. The zero-order valence-electron chi connectivity index (χ0n) is 20.1. The quantitative estimate of drug-likeness (QED) is 0.287. The van der Waals surface area contributed by atoms with Crippen LogP contribution in [0.3, 0.4) is 0 Å². The lowest BCUT2D eigenvalue weighted by Crippen LogP contribution is -2.67. The van der Waals surface area contributed by atoms with Gasteiger partial charge in [0.2, 0.25) is 11.4 Å². The van der Waals surface area contributed by atoms with E-state index in [0.717, 1.165) is 28.5 Å². The Morgan fingerprint density at radius 3 is 2.81 bits per heavy atom. The number of aromatic hydroxyl groups is 1. The lowest BCUT2D eigenvalue weighted by Gasteiger charge is -2.48. The maximum absolute atomic E-state index is 13.0. The maximum Gasteiger partial charge on any atom is 0.276 e. The van der Waals surface area contributed by atoms with Gasteiger partial charge in [-0.3, -0.25) is 4.79 Å². The molecule has 4 aliphatic heterocycles. The van der Waals surface area contributed by atoms with Gasteiger partial charge in [-0.1, -0.05) is 11.2 Å². The van der Waals surface area contributed by atoms with E-state index in [1.165, 1.54) is 7.11 Å². The molecule has 0 radical (unpaired) electrons. The fourth-order valence-corrected chi connectivity index (χ4v) is 6.92. The number of ketones is 1. The number of aryl methyl sites for hydroxylation is 1. The van der Waals surface area contributed by atoms with E-state index in [4.69, 9.17) is 34.0 Å². The Kier molecular flexibility index (Phi) is 4.39. The summed E-state index contributed by atoms with van der Waals surface area (Å²) in [6.07, 6.45) is 0.461. The number of rotatable bonds is 5. The van der Waals surface area contributed by atoms with Crippen molar-refractivity contribution in [2.24, 2.45) is 5.11 Å². The van der Waals surface area contributed by atoms with E-state index >= 15 is 0 Å². The molecule has 36 heavy (non-hydrogen) atoms. The van der Waals surface area contributed by atoms with Crippen LogP contribution in [-0.4, -0.2) is 61.5 Å². The van der Waals surface area contributed by atoms with Crippen molar-refractivity contribution in [2.45, 2.75) is 62.2 Å². The Bertz CT molecular complexity index is 1410.